The van der Waals surface area contributed by atoms with Crippen LogP contribution in [0, 0.1) is 5.92 Å². The van der Waals surface area contributed by atoms with Crippen molar-refractivity contribution in [3.05, 3.63) is 0 Å². The maximum atomic E-state index is 9.16. The normalized spacial score (nSPS) is 43.3. The van der Waals surface area contributed by atoms with Crippen LogP contribution in [-0.4, -0.2) is 34.8 Å². The van der Waals surface area contributed by atoms with Gasteiger partial charge in [-0.3, -0.25) is 0 Å². The molecular formula is C11H21NOS. The molecule has 0 amide bonds. The van der Waals surface area contributed by atoms with E-state index in [0.29, 0.717) is 0 Å². The van der Waals surface area contributed by atoms with E-state index >= 15 is 0 Å². The van der Waals surface area contributed by atoms with Gasteiger partial charge in [0.05, 0.1) is 6.10 Å². The lowest BCUT2D eigenvalue weighted by molar-refractivity contribution is 0.0419. The third-order valence-corrected chi connectivity index (χ3v) is 4.81. The zero-order valence-electron chi connectivity index (χ0n) is 8.91. The summed E-state index contributed by atoms with van der Waals surface area (Å²) in [6.07, 6.45) is 4.73. The average molecular weight is 215 g/mol. The Bertz CT molecular complexity index is 174. The Balaban J connectivity index is 1.57. The lowest BCUT2D eigenvalue weighted by Gasteiger charge is -2.34. The SMILES string of the molecule is CC1CCC(NCC2CC(O)C2)CS1. The summed E-state index contributed by atoms with van der Waals surface area (Å²) in [7, 11) is 0. The Morgan fingerprint density at radius 1 is 1.36 bits per heavy atom. The average Bonchev–Trinajstić information content (AvgIpc) is 2.13. The Hall–Kier alpha value is 0.270. The van der Waals surface area contributed by atoms with E-state index in [9.17, 15) is 0 Å². The molecular weight excluding hydrogens is 194 g/mol. The van der Waals surface area contributed by atoms with Crippen molar-refractivity contribution in [2.75, 3.05) is 12.3 Å². The third kappa shape index (κ3) is 2.88. The molecule has 2 N–H and O–H groups in total. The van der Waals surface area contributed by atoms with Crippen molar-refractivity contribution in [1.29, 1.82) is 0 Å². The molecule has 0 aromatic heterocycles. The van der Waals surface area contributed by atoms with Crippen LogP contribution < -0.4 is 5.32 Å². The van der Waals surface area contributed by atoms with E-state index in [0.717, 1.165) is 36.6 Å². The van der Waals surface area contributed by atoms with Crippen molar-refractivity contribution in [3.8, 4) is 0 Å². The molecule has 2 nitrogen and oxygen atoms in total. The van der Waals surface area contributed by atoms with E-state index < -0.39 is 0 Å². The van der Waals surface area contributed by atoms with Gasteiger partial charge in [0.25, 0.3) is 0 Å². The topological polar surface area (TPSA) is 32.3 Å². The molecule has 0 aromatic carbocycles. The Morgan fingerprint density at radius 2 is 2.14 bits per heavy atom. The Labute approximate surface area is 90.8 Å². The second kappa shape index (κ2) is 4.86. The first kappa shape index (κ1) is 10.8. The molecule has 14 heavy (non-hydrogen) atoms. The first-order chi connectivity index (χ1) is 6.74. The fraction of sp³-hybridized carbons (Fsp3) is 1.00. The van der Waals surface area contributed by atoms with Crippen LogP contribution in [0.4, 0.5) is 0 Å². The lowest BCUT2D eigenvalue weighted by Crippen LogP contribution is -2.42. The lowest BCUT2D eigenvalue weighted by atomic mass is 9.82. The molecule has 0 aromatic rings. The van der Waals surface area contributed by atoms with Crippen LogP contribution in [0.5, 0.6) is 0 Å². The summed E-state index contributed by atoms with van der Waals surface area (Å²) in [5, 5.41) is 13.7. The zero-order valence-corrected chi connectivity index (χ0v) is 9.72. The number of aliphatic hydroxyl groups is 1. The number of hydrogen-bond acceptors (Lipinski definition) is 3. The first-order valence-electron chi connectivity index (χ1n) is 5.77. The minimum atomic E-state index is 0.00236. The number of thioether (sulfide) groups is 1. The number of aliphatic hydroxyl groups excluding tert-OH is 1. The number of hydrogen-bond donors (Lipinski definition) is 2. The van der Waals surface area contributed by atoms with Gasteiger partial charge in [-0.15, -0.1) is 0 Å². The monoisotopic (exact) mass is 215 g/mol. The quantitative estimate of drug-likeness (QED) is 0.750. The molecule has 1 aliphatic carbocycles. The van der Waals surface area contributed by atoms with Crippen LogP contribution in [0.2, 0.25) is 0 Å². The van der Waals surface area contributed by atoms with Crippen molar-refractivity contribution >= 4 is 11.8 Å². The van der Waals surface area contributed by atoms with E-state index in [4.69, 9.17) is 5.11 Å². The van der Waals surface area contributed by atoms with Crippen molar-refractivity contribution in [2.45, 2.75) is 50.0 Å². The van der Waals surface area contributed by atoms with Gasteiger partial charge in [0.15, 0.2) is 0 Å². The van der Waals surface area contributed by atoms with Gasteiger partial charge in [-0.05, 0) is 38.1 Å². The number of nitrogens with one attached hydrogen (secondary N) is 1. The first-order valence-corrected chi connectivity index (χ1v) is 6.82. The largest absolute Gasteiger partial charge is 0.393 e. The minimum absolute atomic E-state index is 0.00236. The van der Waals surface area contributed by atoms with E-state index in [1.54, 1.807) is 0 Å². The highest BCUT2D eigenvalue weighted by molar-refractivity contribution is 7.99. The summed E-state index contributed by atoms with van der Waals surface area (Å²) in [6, 6.07) is 0.731. The fourth-order valence-electron chi connectivity index (χ4n) is 2.24. The van der Waals surface area contributed by atoms with Crippen molar-refractivity contribution in [2.24, 2.45) is 5.92 Å². The van der Waals surface area contributed by atoms with Gasteiger partial charge in [0.1, 0.15) is 0 Å². The van der Waals surface area contributed by atoms with Gasteiger partial charge in [0, 0.05) is 17.0 Å². The molecule has 0 spiro atoms. The van der Waals surface area contributed by atoms with Crippen molar-refractivity contribution in [3.63, 3.8) is 0 Å². The van der Waals surface area contributed by atoms with Gasteiger partial charge in [0.2, 0.25) is 0 Å². The van der Waals surface area contributed by atoms with Crippen molar-refractivity contribution < 1.29 is 5.11 Å². The summed E-state index contributed by atoms with van der Waals surface area (Å²) in [5.41, 5.74) is 0. The Kier molecular flexibility index (Phi) is 3.74. The molecule has 2 fully saturated rings. The second-order valence-electron chi connectivity index (χ2n) is 4.82. The molecule has 2 aliphatic rings. The molecule has 2 atom stereocenters. The summed E-state index contributed by atoms with van der Waals surface area (Å²) >= 11 is 2.09. The van der Waals surface area contributed by atoms with Crippen LogP contribution in [0.15, 0.2) is 0 Å². The smallest absolute Gasteiger partial charge is 0.0546 e. The predicted molar refractivity (Wildman–Crippen MR) is 61.7 cm³/mol. The van der Waals surface area contributed by atoms with Crippen LogP contribution in [-0.2, 0) is 0 Å². The molecule has 3 heteroatoms. The maximum Gasteiger partial charge on any atom is 0.0546 e. The van der Waals surface area contributed by atoms with Gasteiger partial charge in [-0.1, -0.05) is 6.92 Å². The van der Waals surface area contributed by atoms with E-state index in [1.165, 1.54) is 18.6 Å². The van der Waals surface area contributed by atoms with Crippen LogP contribution >= 0.6 is 11.8 Å². The predicted octanol–water partition coefficient (Wildman–Crippen LogP) is 1.63. The third-order valence-electron chi connectivity index (χ3n) is 3.41. The molecule has 82 valence electrons. The summed E-state index contributed by atoms with van der Waals surface area (Å²) in [5.74, 6) is 2.02. The highest BCUT2D eigenvalue weighted by atomic mass is 32.2. The van der Waals surface area contributed by atoms with E-state index in [1.807, 2.05) is 0 Å². The second-order valence-corrected chi connectivity index (χ2v) is 6.29. The summed E-state index contributed by atoms with van der Waals surface area (Å²) in [6.45, 7) is 3.44. The van der Waals surface area contributed by atoms with Crippen LogP contribution in [0.1, 0.15) is 32.6 Å². The Morgan fingerprint density at radius 3 is 2.71 bits per heavy atom. The summed E-state index contributed by atoms with van der Waals surface area (Å²) in [4.78, 5) is 0. The minimum Gasteiger partial charge on any atom is -0.393 e. The molecule has 1 aliphatic heterocycles. The molecule has 0 bridgehead atoms. The van der Waals surface area contributed by atoms with Crippen LogP contribution in [0.25, 0.3) is 0 Å². The standard InChI is InChI=1S/C11H21NOS/c1-8-2-3-10(7-14-8)12-6-9-4-11(13)5-9/h8-13H,2-7H2,1H3. The maximum absolute atomic E-state index is 9.16. The van der Waals surface area contributed by atoms with E-state index in [-0.39, 0.29) is 6.10 Å². The van der Waals surface area contributed by atoms with Gasteiger partial charge < -0.3 is 10.4 Å². The molecule has 1 heterocycles. The molecule has 1 saturated carbocycles. The van der Waals surface area contributed by atoms with Gasteiger partial charge >= 0.3 is 0 Å². The summed E-state index contributed by atoms with van der Waals surface area (Å²) < 4.78 is 0. The molecule has 2 unspecified atom stereocenters. The van der Waals surface area contributed by atoms with Gasteiger partial charge in [-0.2, -0.15) is 11.8 Å². The zero-order chi connectivity index (χ0) is 9.97. The molecule has 1 saturated heterocycles. The molecule has 0 radical (unpaired) electrons. The number of rotatable bonds is 3. The highest BCUT2D eigenvalue weighted by Crippen LogP contribution is 2.28. The van der Waals surface area contributed by atoms with Gasteiger partial charge in [-0.25, -0.2) is 0 Å². The van der Waals surface area contributed by atoms with Crippen LogP contribution in [0.3, 0.4) is 0 Å². The van der Waals surface area contributed by atoms with Crippen molar-refractivity contribution in [1.82, 2.24) is 5.32 Å². The fourth-order valence-corrected chi connectivity index (χ4v) is 3.39. The molecule has 2 rings (SSSR count). The van der Waals surface area contributed by atoms with E-state index in [2.05, 4.69) is 24.0 Å². The highest BCUT2D eigenvalue weighted by Gasteiger charge is 2.27.